The van der Waals surface area contributed by atoms with Crippen LogP contribution in [0.5, 0.6) is 0 Å². The number of aromatic nitrogens is 1. The van der Waals surface area contributed by atoms with Gasteiger partial charge in [-0.2, -0.15) is 0 Å². The van der Waals surface area contributed by atoms with E-state index in [9.17, 15) is 4.79 Å². The summed E-state index contributed by atoms with van der Waals surface area (Å²) in [6.07, 6.45) is 4.36. The van der Waals surface area contributed by atoms with Gasteiger partial charge in [0, 0.05) is 31.6 Å². The summed E-state index contributed by atoms with van der Waals surface area (Å²) in [6, 6.07) is 11.7. The van der Waals surface area contributed by atoms with Crippen molar-refractivity contribution in [3.63, 3.8) is 0 Å². The Balaban J connectivity index is 1.77. The van der Waals surface area contributed by atoms with Gasteiger partial charge in [0.15, 0.2) is 0 Å². The minimum absolute atomic E-state index is 0.0445. The molecule has 0 saturated carbocycles. The van der Waals surface area contributed by atoms with Crippen molar-refractivity contribution in [2.24, 2.45) is 0 Å². The summed E-state index contributed by atoms with van der Waals surface area (Å²) < 4.78 is 0.880. The monoisotopic (exact) mass is 468 g/mol. The summed E-state index contributed by atoms with van der Waals surface area (Å²) >= 11 is 6.59. The van der Waals surface area contributed by atoms with E-state index in [4.69, 9.17) is 10.7 Å². The van der Waals surface area contributed by atoms with Crippen LogP contribution in [0.2, 0.25) is 0 Å². The smallest absolute Gasteiger partial charge is 0.205 e. The van der Waals surface area contributed by atoms with Crippen molar-refractivity contribution in [2.45, 2.75) is 25.7 Å². The first-order valence-electron chi connectivity index (χ1n) is 9.21. The van der Waals surface area contributed by atoms with Gasteiger partial charge in [-0.05, 0) is 54.8 Å². The molecule has 6 heteroatoms. The third-order valence-corrected chi connectivity index (χ3v) is 7.69. The number of ketones is 1. The number of nitrogen functional groups attached to an aromatic ring is 1. The van der Waals surface area contributed by atoms with Gasteiger partial charge >= 0.3 is 0 Å². The number of aryl methyl sites for hydroxylation is 1. The zero-order valence-corrected chi connectivity index (χ0v) is 18.2. The summed E-state index contributed by atoms with van der Waals surface area (Å²) in [5.74, 6) is -0.0445. The molecule has 2 N–H and O–H groups in total. The number of thiophene rings is 2. The Kier molecular flexibility index (Phi) is 4.57. The average Bonchev–Trinajstić information content (AvgIpc) is 3.34. The highest BCUT2D eigenvalue weighted by molar-refractivity contribution is 9.10. The molecule has 1 aliphatic carbocycles. The molecule has 3 aromatic heterocycles. The van der Waals surface area contributed by atoms with Gasteiger partial charge in [0.1, 0.15) is 9.71 Å². The fourth-order valence-corrected chi connectivity index (χ4v) is 6.22. The Morgan fingerprint density at radius 1 is 1.14 bits per heavy atom. The number of hydrogen-bond acceptors (Lipinski definition) is 5. The van der Waals surface area contributed by atoms with Crippen molar-refractivity contribution in [1.82, 2.24) is 4.98 Å². The topological polar surface area (TPSA) is 56.0 Å². The van der Waals surface area contributed by atoms with Crippen molar-refractivity contribution >= 4 is 60.3 Å². The number of halogens is 1. The maximum atomic E-state index is 13.2. The average molecular weight is 469 g/mol. The second-order valence-electron chi connectivity index (χ2n) is 6.96. The molecule has 28 heavy (non-hydrogen) atoms. The molecule has 0 amide bonds. The molecule has 0 radical (unpaired) electrons. The van der Waals surface area contributed by atoms with Crippen LogP contribution in [0.1, 0.15) is 39.3 Å². The van der Waals surface area contributed by atoms with E-state index in [0.717, 1.165) is 27.5 Å². The molecule has 140 valence electrons. The van der Waals surface area contributed by atoms with Crippen LogP contribution < -0.4 is 5.73 Å². The Morgan fingerprint density at radius 2 is 2.00 bits per heavy atom. The number of benzene rings is 1. The fourth-order valence-electron chi connectivity index (χ4n) is 3.93. The molecule has 1 aromatic carbocycles. The lowest BCUT2D eigenvalue weighted by atomic mass is 9.90. The third kappa shape index (κ3) is 2.91. The van der Waals surface area contributed by atoms with Crippen LogP contribution in [-0.4, -0.2) is 10.8 Å². The number of anilines is 1. The molecule has 0 bridgehead atoms. The van der Waals surface area contributed by atoms with E-state index in [0.29, 0.717) is 16.1 Å². The van der Waals surface area contributed by atoms with Crippen molar-refractivity contribution in [2.75, 3.05) is 5.73 Å². The predicted molar refractivity (Wildman–Crippen MR) is 122 cm³/mol. The van der Waals surface area contributed by atoms with E-state index >= 15 is 0 Å². The fraction of sp³-hybridized carbons (Fsp3) is 0.182. The van der Waals surface area contributed by atoms with Crippen molar-refractivity contribution in [3.8, 4) is 10.4 Å². The van der Waals surface area contributed by atoms with Crippen molar-refractivity contribution in [1.29, 1.82) is 0 Å². The van der Waals surface area contributed by atoms with Crippen LogP contribution in [-0.2, 0) is 12.8 Å². The van der Waals surface area contributed by atoms with E-state index in [2.05, 4.69) is 33.4 Å². The van der Waals surface area contributed by atoms with Crippen molar-refractivity contribution in [3.05, 3.63) is 67.9 Å². The van der Waals surface area contributed by atoms with Gasteiger partial charge in [-0.15, -0.1) is 22.7 Å². The Hall–Kier alpha value is -2.02. The number of rotatable bonds is 3. The van der Waals surface area contributed by atoms with Crippen LogP contribution in [0, 0.1) is 0 Å². The van der Waals surface area contributed by atoms with Gasteiger partial charge in [0.25, 0.3) is 0 Å². The molecular weight excluding hydrogens is 452 g/mol. The van der Waals surface area contributed by atoms with Gasteiger partial charge in [-0.1, -0.05) is 34.1 Å². The maximum absolute atomic E-state index is 13.2. The van der Waals surface area contributed by atoms with Gasteiger partial charge in [-0.3, -0.25) is 4.79 Å². The predicted octanol–water partition coefficient (Wildman–Crippen LogP) is 6.48. The molecule has 0 saturated heterocycles. The number of pyridine rings is 1. The Bertz CT molecular complexity index is 1210. The normalized spacial score (nSPS) is 13.6. The minimum atomic E-state index is -0.0445. The van der Waals surface area contributed by atoms with E-state index in [1.165, 1.54) is 45.9 Å². The first-order chi connectivity index (χ1) is 13.6. The van der Waals surface area contributed by atoms with E-state index < -0.39 is 0 Å². The largest absolute Gasteiger partial charge is 0.397 e. The number of nitrogens with zero attached hydrogens (tertiary/aromatic N) is 1. The standard InChI is InChI=1S/C22H17BrN2OS2/c23-13-6-3-5-12(11-13)20(26)21-19(24)18-17(16-9-4-10-27-16)14-7-1-2-8-15(14)25-22(18)28-21/h3-6,9-11H,1-2,7-8,24H2. The molecular formula is C22H17BrN2OS2. The lowest BCUT2D eigenvalue weighted by molar-refractivity contribution is 0.104. The summed E-state index contributed by atoms with van der Waals surface area (Å²) in [7, 11) is 0. The van der Waals surface area contributed by atoms with Crippen LogP contribution in [0.25, 0.3) is 20.7 Å². The summed E-state index contributed by atoms with van der Waals surface area (Å²) in [5.41, 5.74) is 11.5. The highest BCUT2D eigenvalue weighted by atomic mass is 79.9. The molecule has 0 atom stereocenters. The molecule has 1 aliphatic rings. The number of nitrogens with two attached hydrogens (primary N) is 1. The third-order valence-electron chi connectivity index (χ3n) is 5.21. The SMILES string of the molecule is Nc1c(C(=O)c2cccc(Br)c2)sc2nc3c(c(-c4cccs4)c12)CCCC3. The highest BCUT2D eigenvalue weighted by Gasteiger charge is 2.26. The van der Waals surface area contributed by atoms with E-state index in [1.54, 1.807) is 11.3 Å². The second kappa shape index (κ2) is 7.10. The number of fused-ring (bicyclic) bond motifs is 2. The summed E-state index contributed by atoms with van der Waals surface area (Å²) in [5, 5.41) is 3.04. The molecule has 4 aromatic rings. The molecule has 0 unspecified atom stereocenters. The van der Waals surface area contributed by atoms with Crippen molar-refractivity contribution < 1.29 is 4.79 Å². The van der Waals surface area contributed by atoms with Gasteiger partial charge < -0.3 is 5.73 Å². The van der Waals surface area contributed by atoms with Crippen LogP contribution in [0.4, 0.5) is 5.69 Å². The van der Waals surface area contributed by atoms with Gasteiger partial charge in [-0.25, -0.2) is 4.98 Å². The zero-order valence-electron chi connectivity index (χ0n) is 15.0. The summed E-state index contributed by atoms with van der Waals surface area (Å²) in [6.45, 7) is 0. The Labute approximate surface area is 179 Å². The van der Waals surface area contributed by atoms with E-state index in [1.807, 2.05) is 24.3 Å². The molecule has 3 heterocycles. The molecule has 0 aliphatic heterocycles. The first kappa shape index (κ1) is 18.0. The van der Waals surface area contributed by atoms with Crippen LogP contribution in [0.3, 0.4) is 0 Å². The Morgan fingerprint density at radius 3 is 2.79 bits per heavy atom. The minimum Gasteiger partial charge on any atom is -0.397 e. The lowest BCUT2D eigenvalue weighted by Gasteiger charge is -2.19. The van der Waals surface area contributed by atoms with Crippen LogP contribution >= 0.6 is 38.6 Å². The molecule has 3 nitrogen and oxygen atoms in total. The molecule has 5 rings (SSSR count). The lowest BCUT2D eigenvalue weighted by Crippen LogP contribution is -2.07. The maximum Gasteiger partial charge on any atom is 0.205 e. The van der Waals surface area contributed by atoms with Gasteiger partial charge in [0.2, 0.25) is 5.78 Å². The second-order valence-corrected chi connectivity index (χ2v) is 9.82. The first-order valence-corrected chi connectivity index (χ1v) is 11.7. The quantitative estimate of drug-likeness (QED) is 0.350. The highest BCUT2D eigenvalue weighted by Crippen LogP contribution is 2.45. The summed E-state index contributed by atoms with van der Waals surface area (Å²) in [4.78, 5) is 20.8. The van der Waals surface area contributed by atoms with Crippen LogP contribution in [0.15, 0.2) is 46.3 Å². The number of carbonyl (C=O) groups excluding carboxylic acids is 1. The molecule has 0 fully saturated rings. The molecule has 0 spiro atoms. The van der Waals surface area contributed by atoms with Gasteiger partial charge in [0.05, 0.1) is 5.69 Å². The number of hydrogen-bond donors (Lipinski definition) is 1. The van der Waals surface area contributed by atoms with E-state index in [-0.39, 0.29) is 5.78 Å². The zero-order chi connectivity index (χ0) is 19.3. The number of carbonyl (C=O) groups is 1.